The Morgan fingerprint density at radius 3 is 2.76 bits per heavy atom. The van der Waals surface area contributed by atoms with Crippen molar-refractivity contribution in [1.82, 2.24) is 4.98 Å². The first-order valence-corrected chi connectivity index (χ1v) is 5.96. The van der Waals surface area contributed by atoms with Gasteiger partial charge in [0.05, 0.1) is 0 Å². The lowest BCUT2D eigenvalue weighted by atomic mass is 10.2. The SMILES string of the molecule is Cc1cc(Oc2cccc(O)c2C)ncc1Br. The first-order valence-electron chi connectivity index (χ1n) is 5.16. The van der Waals surface area contributed by atoms with Gasteiger partial charge in [0.25, 0.3) is 0 Å². The van der Waals surface area contributed by atoms with Crippen LogP contribution in [0.1, 0.15) is 11.1 Å². The molecule has 0 aliphatic rings. The molecule has 0 atom stereocenters. The molecular weight excluding hydrogens is 282 g/mol. The lowest BCUT2D eigenvalue weighted by Crippen LogP contribution is -1.91. The second-order valence-corrected chi connectivity index (χ2v) is 4.63. The third-order valence-electron chi connectivity index (χ3n) is 2.49. The van der Waals surface area contributed by atoms with Crippen LogP contribution in [0.4, 0.5) is 0 Å². The molecule has 0 amide bonds. The van der Waals surface area contributed by atoms with E-state index in [2.05, 4.69) is 20.9 Å². The number of benzene rings is 1. The van der Waals surface area contributed by atoms with Crippen LogP contribution in [0.15, 0.2) is 34.9 Å². The van der Waals surface area contributed by atoms with Crippen LogP contribution in [0.2, 0.25) is 0 Å². The molecule has 0 fully saturated rings. The highest BCUT2D eigenvalue weighted by molar-refractivity contribution is 9.10. The first-order chi connectivity index (χ1) is 8.08. The number of pyridine rings is 1. The van der Waals surface area contributed by atoms with Crippen molar-refractivity contribution in [2.24, 2.45) is 0 Å². The molecule has 1 N–H and O–H groups in total. The second kappa shape index (κ2) is 4.75. The normalized spacial score (nSPS) is 10.3. The fraction of sp³-hybridized carbons (Fsp3) is 0.154. The largest absolute Gasteiger partial charge is 0.508 e. The van der Waals surface area contributed by atoms with Gasteiger partial charge in [0.1, 0.15) is 11.5 Å². The monoisotopic (exact) mass is 293 g/mol. The van der Waals surface area contributed by atoms with Crippen LogP contribution in [0, 0.1) is 13.8 Å². The Balaban J connectivity index is 2.31. The van der Waals surface area contributed by atoms with Crippen molar-refractivity contribution in [3.05, 3.63) is 46.1 Å². The highest BCUT2D eigenvalue weighted by atomic mass is 79.9. The summed E-state index contributed by atoms with van der Waals surface area (Å²) in [5.41, 5.74) is 1.75. The summed E-state index contributed by atoms with van der Waals surface area (Å²) in [4.78, 5) is 4.15. The van der Waals surface area contributed by atoms with Gasteiger partial charge in [-0.3, -0.25) is 0 Å². The molecule has 1 aromatic heterocycles. The third kappa shape index (κ3) is 2.58. The molecule has 0 saturated carbocycles. The van der Waals surface area contributed by atoms with Crippen LogP contribution < -0.4 is 4.74 Å². The predicted molar refractivity (Wildman–Crippen MR) is 69.6 cm³/mol. The number of aryl methyl sites for hydroxylation is 1. The Labute approximate surface area is 108 Å². The van der Waals surface area contributed by atoms with Crippen molar-refractivity contribution in [2.75, 3.05) is 0 Å². The highest BCUT2D eigenvalue weighted by Gasteiger charge is 2.06. The smallest absolute Gasteiger partial charge is 0.219 e. The number of nitrogens with zero attached hydrogens (tertiary/aromatic N) is 1. The maximum atomic E-state index is 9.57. The summed E-state index contributed by atoms with van der Waals surface area (Å²) < 4.78 is 6.58. The van der Waals surface area contributed by atoms with Gasteiger partial charge in [-0.15, -0.1) is 0 Å². The molecule has 0 aliphatic carbocycles. The van der Waals surface area contributed by atoms with Crippen LogP contribution in [0.25, 0.3) is 0 Å². The molecule has 0 saturated heterocycles. The molecule has 88 valence electrons. The number of aromatic hydroxyl groups is 1. The number of phenols is 1. The second-order valence-electron chi connectivity index (χ2n) is 3.77. The van der Waals surface area contributed by atoms with Gasteiger partial charge in [0, 0.05) is 22.3 Å². The average Bonchev–Trinajstić information content (AvgIpc) is 2.30. The minimum absolute atomic E-state index is 0.219. The third-order valence-corrected chi connectivity index (χ3v) is 3.32. The van der Waals surface area contributed by atoms with E-state index in [1.54, 1.807) is 31.3 Å². The number of rotatable bonds is 2. The Morgan fingerprint density at radius 1 is 1.29 bits per heavy atom. The van der Waals surface area contributed by atoms with Crippen molar-refractivity contribution < 1.29 is 9.84 Å². The average molecular weight is 294 g/mol. The standard InChI is InChI=1S/C13H12BrNO2/c1-8-6-13(15-7-10(8)14)17-12-5-3-4-11(16)9(12)2/h3-7,16H,1-2H3. The molecular formula is C13H12BrNO2. The van der Waals surface area contributed by atoms with E-state index in [1.165, 1.54) is 0 Å². The van der Waals surface area contributed by atoms with Crippen molar-refractivity contribution in [1.29, 1.82) is 0 Å². The van der Waals surface area contributed by atoms with Gasteiger partial charge in [0.15, 0.2) is 0 Å². The maximum Gasteiger partial charge on any atom is 0.219 e. The van der Waals surface area contributed by atoms with Crippen molar-refractivity contribution in [3.8, 4) is 17.4 Å². The van der Waals surface area contributed by atoms with Gasteiger partial charge < -0.3 is 9.84 Å². The molecule has 17 heavy (non-hydrogen) atoms. The topological polar surface area (TPSA) is 42.4 Å². The lowest BCUT2D eigenvalue weighted by molar-refractivity contribution is 0.438. The van der Waals surface area contributed by atoms with Gasteiger partial charge >= 0.3 is 0 Å². The number of aromatic nitrogens is 1. The van der Waals surface area contributed by atoms with Crippen molar-refractivity contribution in [3.63, 3.8) is 0 Å². The van der Waals surface area contributed by atoms with E-state index in [0.717, 1.165) is 10.0 Å². The molecule has 1 heterocycles. The molecule has 2 aromatic rings. The van der Waals surface area contributed by atoms with E-state index in [0.29, 0.717) is 17.2 Å². The number of hydrogen-bond acceptors (Lipinski definition) is 3. The molecule has 4 heteroatoms. The summed E-state index contributed by atoms with van der Waals surface area (Å²) in [5, 5.41) is 9.57. The Bertz CT molecular complexity index is 555. The molecule has 0 radical (unpaired) electrons. The van der Waals surface area contributed by atoms with Crippen LogP contribution >= 0.6 is 15.9 Å². The van der Waals surface area contributed by atoms with Crippen LogP contribution in [0.5, 0.6) is 17.4 Å². The summed E-state index contributed by atoms with van der Waals surface area (Å²) in [5.74, 6) is 1.34. The number of hydrogen-bond donors (Lipinski definition) is 1. The Hall–Kier alpha value is -1.55. The number of phenolic OH excluding ortho intramolecular Hbond substituents is 1. The zero-order valence-electron chi connectivity index (χ0n) is 9.57. The van der Waals surface area contributed by atoms with Crippen LogP contribution in [-0.2, 0) is 0 Å². The van der Waals surface area contributed by atoms with Gasteiger partial charge in [0.2, 0.25) is 5.88 Å². The summed E-state index contributed by atoms with van der Waals surface area (Å²) in [7, 11) is 0. The van der Waals surface area contributed by atoms with E-state index in [4.69, 9.17) is 4.74 Å². The summed E-state index contributed by atoms with van der Waals surface area (Å²) >= 11 is 3.38. The van der Waals surface area contributed by atoms with Gasteiger partial charge in [-0.2, -0.15) is 0 Å². The molecule has 1 aromatic carbocycles. The number of halogens is 1. The van der Waals surface area contributed by atoms with Gasteiger partial charge in [-0.1, -0.05) is 6.07 Å². The molecule has 0 unspecified atom stereocenters. The fourth-order valence-corrected chi connectivity index (χ4v) is 1.61. The van der Waals surface area contributed by atoms with E-state index >= 15 is 0 Å². The Kier molecular flexibility index (Phi) is 3.33. The zero-order valence-corrected chi connectivity index (χ0v) is 11.2. The fourth-order valence-electron chi connectivity index (χ4n) is 1.40. The maximum absolute atomic E-state index is 9.57. The summed E-state index contributed by atoms with van der Waals surface area (Å²) in [6, 6.07) is 7.01. The molecule has 0 aliphatic heterocycles. The van der Waals surface area contributed by atoms with Gasteiger partial charge in [-0.25, -0.2) is 4.98 Å². The van der Waals surface area contributed by atoms with E-state index in [9.17, 15) is 5.11 Å². The minimum atomic E-state index is 0.219. The zero-order chi connectivity index (χ0) is 12.4. The quantitative estimate of drug-likeness (QED) is 0.911. The molecule has 0 spiro atoms. The highest BCUT2D eigenvalue weighted by Crippen LogP contribution is 2.30. The lowest BCUT2D eigenvalue weighted by Gasteiger charge is -2.09. The van der Waals surface area contributed by atoms with E-state index < -0.39 is 0 Å². The molecule has 3 nitrogen and oxygen atoms in total. The van der Waals surface area contributed by atoms with Crippen LogP contribution in [-0.4, -0.2) is 10.1 Å². The summed E-state index contributed by atoms with van der Waals surface area (Å²) in [6.45, 7) is 3.77. The van der Waals surface area contributed by atoms with E-state index in [-0.39, 0.29) is 5.75 Å². The predicted octanol–water partition coefficient (Wildman–Crippen LogP) is 3.96. The Morgan fingerprint density at radius 2 is 2.06 bits per heavy atom. The van der Waals surface area contributed by atoms with Gasteiger partial charge in [-0.05, 0) is 47.5 Å². The first kappa shape index (κ1) is 11.9. The minimum Gasteiger partial charge on any atom is -0.508 e. The number of ether oxygens (including phenoxy) is 1. The summed E-state index contributed by atoms with van der Waals surface area (Å²) in [6.07, 6.45) is 1.70. The van der Waals surface area contributed by atoms with Crippen LogP contribution in [0.3, 0.4) is 0 Å². The molecule has 2 rings (SSSR count). The van der Waals surface area contributed by atoms with Crippen molar-refractivity contribution >= 4 is 15.9 Å². The molecule has 0 bridgehead atoms. The van der Waals surface area contributed by atoms with Crippen molar-refractivity contribution in [2.45, 2.75) is 13.8 Å². The van der Waals surface area contributed by atoms with E-state index in [1.807, 2.05) is 13.0 Å².